The van der Waals surface area contributed by atoms with Crippen molar-refractivity contribution >= 4 is 6.21 Å². The molecule has 0 saturated carbocycles. The molecule has 0 aromatic carbocycles. The number of nitrogens with zero attached hydrogens (tertiary/aromatic N) is 1. The summed E-state index contributed by atoms with van der Waals surface area (Å²) in [5.74, 6) is 0. The van der Waals surface area contributed by atoms with Gasteiger partial charge in [0.2, 0.25) is 0 Å². The lowest BCUT2D eigenvalue weighted by Gasteiger charge is -2.31. The Morgan fingerprint density at radius 1 is 1.50 bits per heavy atom. The third kappa shape index (κ3) is 2.90. The lowest BCUT2D eigenvalue weighted by molar-refractivity contribution is 0.117. The zero-order valence-electron chi connectivity index (χ0n) is 8.65. The second kappa shape index (κ2) is 5.24. The first-order chi connectivity index (χ1) is 6.69. The second-order valence-corrected chi connectivity index (χ2v) is 3.58. The van der Waals surface area contributed by atoms with Crippen LogP contribution in [0.25, 0.3) is 0 Å². The SMILES string of the molecule is CCCOCCC1(N)C=CC=NC1N. The average molecular weight is 197 g/mol. The maximum absolute atomic E-state index is 6.08. The molecule has 0 spiro atoms. The first kappa shape index (κ1) is 11.4. The van der Waals surface area contributed by atoms with Crippen molar-refractivity contribution in [2.75, 3.05) is 13.2 Å². The van der Waals surface area contributed by atoms with Gasteiger partial charge >= 0.3 is 0 Å². The summed E-state index contributed by atoms with van der Waals surface area (Å²) in [5.41, 5.74) is 11.3. The molecule has 4 nitrogen and oxygen atoms in total. The molecule has 4 N–H and O–H groups in total. The van der Waals surface area contributed by atoms with Crippen molar-refractivity contribution < 1.29 is 4.74 Å². The molecule has 1 aliphatic heterocycles. The number of nitrogens with two attached hydrogens (primary N) is 2. The summed E-state index contributed by atoms with van der Waals surface area (Å²) in [7, 11) is 0. The lowest BCUT2D eigenvalue weighted by atomic mass is 9.91. The van der Waals surface area contributed by atoms with Crippen LogP contribution in [-0.2, 0) is 4.74 Å². The summed E-state index contributed by atoms with van der Waals surface area (Å²) in [6.07, 6.45) is 6.81. The molecule has 0 radical (unpaired) electrons. The molecular formula is C10H19N3O. The zero-order chi connectivity index (χ0) is 10.4. The molecule has 0 aromatic rings. The molecule has 0 saturated heterocycles. The molecule has 1 rings (SSSR count). The molecule has 14 heavy (non-hydrogen) atoms. The molecule has 0 aromatic heterocycles. The second-order valence-electron chi connectivity index (χ2n) is 3.58. The summed E-state index contributed by atoms with van der Waals surface area (Å²) in [6, 6.07) is 0. The predicted molar refractivity (Wildman–Crippen MR) is 58.3 cm³/mol. The molecule has 0 aliphatic carbocycles. The Bertz CT molecular complexity index is 227. The van der Waals surface area contributed by atoms with Gasteiger partial charge in [-0.15, -0.1) is 0 Å². The summed E-state index contributed by atoms with van der Waals surface area (Å²) in [5, 5.41) is 0. The Hall–Kier alpha value is -0.710. The fraction of sp³-hybridized carbons (Fsp3) is 0.700. The van der Waals surface area contributed by atoms with Crippen molar-refractivity contribution in [3.8, 4) is 0 Å². The number of hydrogen-bond acceptors (Lipinski definition) is 4. The van der Waals surface area contributed by atoms with Gasteiger partial charge in [0.15, 0.2) is 0 Å². The van der Waals surface area contributed by atoms with Gasteiger partial charge in [0.25, 0.3) is 0 Å². The number of rotatable bonds is 5. The fourth-order valence-electron chi connectivity index (χ4n) is 1.33. The smallest absolute Gasteiger partial charge is 0.119 e. The van der Waals surface area contributed by atoms with E-state index in [9.17, 15) is 0 Å². The number of hydrogen-bond donors (Lipinski definition) is 2. The molecule has 80 valence electrons. The highest BCUT2D eigenvalue weighted by atomic mass is 16.5. The number of aliphatic imine (C=N–C) groups is 1. The van der Waals surface area contributed by atoms with Crippen LogP contribution in [0, 0.1) is 0 Å². The van der Waals surface area contributed by atoms with Crippen LogP contribution in [0.15, 0.2) is 17.1 Å². The summed E-state index contributed by atoms with van der Waals surface area (Å²) >= 11 is 0. The molecule has 4 heteroatoms. The van der Waals surface area contributed by atoms with E-state index in [1.54, 1.807) is 6.21 Å². The van der Waals surface area contributed by atoms with Crippen LogP contribution >= 0.6 is 0 Å². The first-order valence-corrected chi connectivity index (χ1v) is 5.02. The zero-order valence-corrected chi connectivity index (χ0v) is 8.65. The summed E-state index contributed by atoms with van der Waals surface area (Å²) in [4.78, 5) is 4.07. The van der Waals surface area contributed by atoms with Gasteiger partial charge in [-0.2, -0.15) is 0 Å². The first-order valence-electron chi connectivity index (χ1n) is 5.02. The third-order valence-electron chi connectivity index (χ3n) is 2.32. The van der Waals surface area contributed by atoms with Crippen LogP contribution in [0.3, 0.4) is 0 Å². The number of allylic oxidation sites excluding steroid dienone is 1. The van der Waals surface area contributed by atoms with E-state index in [0.717, 1.165) is 13.0 Å². The van der Waals surface area contributed by atoms with Crippen molar-refractivity contribution in [1.82, 2.24) is 0 Å². The maximum Gasteiger partial charge on any atom is 0.119 e. The van der Waals surface area contributed by atoms with Gasteiger partial charge in [-0.05, 0) is 18.9 Å². The minimum Gasteiger partial charge on any atom is -0.381 e. The Morgan fingerprint density at radius 2 is 2.29 bits per heavy atom. The van der Waals surface area contributed by atoms with E-state index >= 15 is 0 Å². The highest BCUT2D eigenvalue weighted by Gasteiger charge is 2.30. The normalized spacial score (nSPS) is 30.9. The Labute approximate surface area is 85.0 Å². The van der Waals surface area contributed by atoms with Gasteiger partial charge in [-0.1, -0.05) is 13.0 Å². The Kier molecular flexibility index (Phi) is 4.25. The van der Waals surface area contributed by atoms with Gasteiger partial charge in [-0.25, -0.2) is 0 Å². The largest absolute Gasteiger partial charge is 0.381 e. The quantitative estimate of drug-likeness (QED) is 0.627. The van der Waals surface area contributed by atoms with E-state index in [4.69, 9.17) is 16.2 Å². The van der Waals surface area contributed by atoms with Gasteiger partial charge < -0.3 is 16.2 Å². The van der Waals surface area contributed by atoms with Crippen molar-refractivity contribution in [3.63, 3.8) is 0 Å². The van der Waals surface area contributed by atoms with E-state index in [-0.39, 0.29) is 6.17 Å². The maximum atomic E-state index is 6.08. The highest BCUT2D eigenvalue weighted by Crippen LogP contribution is 2.16. The lowest BCUT2D eigenvalue weighted by Crippen LogP contribution is -2.54. The van der Waals surface area contributed by atoms with Crippen molar-refractivity contribution in [2.45, 2.75) is 31.5 Å². The topological polar surface area (TPSA) is 73.6 Å². The van der Waals surface area contributed by atoms with Crippen LogP contribution in [0.2, 0.25) is 0 Å². The molecule has 2 unspecified atom stereocenters. The standard InChI is InChI=1S/C10H19N3O/c1-2-7-14-8-5-10(12)4-3-6-13-9(10)11/h3-4,6,9H,2,5,7-8,11-12H2,1H3. The minimum absolute atomic E-state index is 0.349. The third-order valence-corrected chi connectivity index (χ3v) is 2.32. The van der Waals surface area contributed by atoms with E-state index in [0.29, 0.717) is 13.0 Å². The molecule has 1 heterocycles. The fourth-order valence-corrected chi connectivity index (χ4v) is 1.33. The Morgan fingerprint density at radius 3 is 2.93 bits per heavy atom. The average Bonchev–Trinajstić information content (AvgIpc) is 2.18. The molecule has 0 bridgehead atoms. The van der Waals surface area contributed by atoms with Crippen LogP contribution in [0.1, 0.15) is 19.8 Å². The summed E-state index contributed by atoms with van der Waals surface area (Å²) in [6.45, 7) is 3.49. The van der Waals surface area contributed by atoms with E-state index in [1.807, 2.05) is 12.2 Å². The van der Waals surface area contributed by atoms with Crippen LogP contribution in [-0.4, -0.2) is 31.1 Å². The van der Waals surface area contributed by atoms with Crippen molar-refractivity contribution in [1.29, 1.82) is 0 Å². The monoisotopic (exact) mass is 197 g/mol. The predicted octanol–water partition coefficient (Wildman–Crippen LogP) is 0.426. The Balaban J connectivity index is 2.34. The number of dihydropyridines is 1. The van der Waals surface area contributed by atoms with Crippen LogP contribution in [0.5, 0.6) is 0 Å². The van der Waals surface area contributed by atoms with Gasteiger partial charge in [-0.3, -0.25) is 4.99 Å². The van der Waals surface area contributed by atoms with E-state index in [1.165, 1.54) is 0 Å². The van der Waals surface area contributed by atoms with Crippen molar-refractivity contribution in [3.05, 3.63) is 12.2 Å². The molecule has 0 amide bonds. The van der Waals surface area contributed by atoms with Crippen LogP contribution in [0.4, 0.5) is 0 Å². The molecule has 0 fully saturated rings. The minimum atomic E-state index is -0.539. The number of ether oxygens (including phenoxy) is 1. The van der Waals surface area contributed by atoms with Gasteiger partial charge in [0.1, 0.15) is 6.17 Å². The molecule has 2 atom stereocenters. The van der Waals surface area contributed by atoms with E-state index < -0.39 is 5.54 Å². The van der Waals surface area contributed by atoms with Gasteiger partial charge in [0, 0.05) is 19.4 Å². The summed E-state index contributed by atoms with van der Waals surface area (Å²) < 4.78 is 5.38. The van der Waals surface area contributed by atoms with Gasteiger partial charge in [0.05, 0.1) is 5.54 Å². The van der Waals surface area contributed by atoms with Crippen LogP contribution < -0.4 is 11.5 Å². The molecular weight excluding hydrogens is 178 g/mol. The van der Waals surface area contributed by atoms with Crippen molar-refractivity contribution in [2.24, 2.45) is 16.5 Å². The highest BCUT2D eigenvalue weighted by molar-refractivity contribution is 5.73. The molecule has 1 aliphatic rings. The van der Waals surface area contributed by atoms with E-state index in [2.05, 4.69) is 11.9 Å².